The zero-order valence-corrected chi connectivity index (χ0v) is 20.6. The molecule has 0 spiro atoms. The van der Waals surface area contributed by atoms with Crippen LogP contribution in [0, 0.1) is 5.92 Å². The molecule has 2 aromatic carbocycles. The van der Waals surface area contributed by atoms with Crippen LogP contribution in [0.4, 0.5) is 31.1 Å². The summed E-state index contributed by atoms with van der Waals surface area (Å²) in [6.07, 6.45) is -11.7. The molecule has 0 N–H and O–H groups in total. The van der Waals surface area contributed by atoms with E-state index in [2.05, 4.69) is 0 Å². The molecule has 202 valence electrons. The Morgan fingerprint density at radius 3 is 1.92 bits per heavy atom. The van der Waals surface area contributed by atoms with E-state index >= 15 is 0 Å². The Morgan fingerprint density at radius 2 is 1.43 bits per heavy atom. The molecule has 0 saturated carbocycles. The number of hydrogen-bond donors (Lipinski definition) is 0. The number of carbonyl (C=O) groups is 2. The van der Waals surface area contributed by atoms with Gasteiger partial charge in [0.05, 0.1) is 16.7 Å². The smallest absolute Gasteiger partial charge is 0.416 e. The largest absolute Gasteiger partial charge is 0.459 e. The summed E-state index contributed by atoms with van der Waals surface area (Å²) in [5, 5.41) is 0. The third kappa shape index (κ3) is 7.17. The molecule has 2 unspecified atom stereocenters. The molecule has 1 aliphatic heterocycles. The molecule has 11 heteroatoms. The molecule has 1 saturated heterocycles. The van der Waals surface area contributed by atoms with Crippen molar-refractivity contribution in [3.8, 4) is 0 Å². The first-order chi connectivity index (χ1) is 17.0. The van der Waals surface area contributed by atoms with Crippen LogP contribution in [-0.4, -0.2) is 41.8 Å². The summed E-state index contributed by atoms with van der Waals surface area (Å²) in [4.78, 5) is 26.9. The van der Waals surface area contributed by atoms with Crippen molar-refractivity contribution >= 4 is 12.1 Å². The summed E-state index contributed by atoms with van der Waals surface area (Å²) in [6, 6.07) is 9.65. The van der Waals surface area contributed by atoms with Gasteiger partial charge in [0.25, 0.3) is 0 Å². The van der Waals surface area contributed by atoms with Crippen LogP contribution in [-0.2, 0) is 21.8 Å². The number of amides is 1. The van der Waals surface area contributed by atoms with E-state index in [1.807, 2.05) is 12.1 Å². The first-order valence-corrected chi connectivity index (χ1v) is 11.5. The average molecular weight is 531 g/mol. The highest BCUT2D eigenvalue weighted by Gasteiger charge is 2.42. The number of ether oxygens (including phenoxy) is 2. The Balaban J connectivity index is 1.88. The van der Waals surface area contributed by atoms with Crippen molar-refractivity contribution in [3.63, 3.8) is 0 Å². The van der Waals surface area contributed by atoms with Crippen LogP contribution in [0.15, 0.2) is 48.5 Å². The lowest BCUT2D eigenvalue weighted by atomic mass is 9.86. The Labute approximate surface area is 210 Å². The fourth-order valence-corrected chi connectivity index (χ4v) is 4.23. The van der Waals surface area contributed by atoms with Gasteiger partial charge in [-0.25, -0.2) is 9.59 Å². The van der Waals surface area contributed by atoms with E-state index in [1.54, 1.807) is 39.0 Å². The highest BCUT2D eigenvalue weighted by Crippen LogP contribution is 2.38. The second-order valence-electron chi connectivity index (χ2n) is 9.97. The monoisotopic (exact) mass is 531 g/mol. The van der Waals surface area contributed by atoms with Crippen molar-refractivity contribution in [2.45, 2.75) is 57.7 Å². The fraction of sp³-hybridized carbons (Fsp3) is 0.462. The second kappa shape index (κ2) is 10.3. The number of esters is 1. The van der Waals surface area contributed by atoms with Gasteiger partial charge in [0.1, 0.15) is 11.7 Å². The Kier molecular flexibility index (Phi) is 7.85. The molecule has 37 heavy (non-hydrogen) atoms. The van der Waals surface area contributed by atoms with Crippen LogP contribution >= 0.6 is 0 Å². The maximum absolute atomic E-state index is 13.2. The minimum atomic E-state index is -5.10. The minimum Gasteiger partial charge on any atom is -0.459 e. The van der Waals surface area contributed by atoms with Gasteiger partial charge in [0, 0.05) is 24.9 Å². The summed E-state index contributed by atoms with van der Waals surface area (Å²) in [5.41, 5.74) is -4.01. The number of halogens is 6. The Hall–Kier alpha value is -3.24. The zero-order chi connectivity index (χ0) is 27.8. The lowest BCUT2D eigenvalue weighted by molar-refractivity contribution is -0.143. The van der Waals surface area contributed by atoms with Gasteiger partial charge in [-0.15, -0.1) is 0 Å². The molecule has 1 aliphatic rings. The molecular formula is C26H27F6NO4. The lowest BCUT2D eigenvalue weighted by Gasteiger charge is -2.26. The molecule has 0 bridgehead atoms. The molecule has 3 rings (SSSR count). The predicted octanol–water partition coefficient (Wildman–Crippen LogP) is 6.92. The number of carbonyl (C=O) groups excluding carboxylic acids is 2. The number of likely N-dealkylation sites (tertiary alicyclic amines) is 1. The highest BCUT2D eigenvalue weighted by molar-refractivity contribution is 5.90. The van der Waals surface area contributed by atoms with Crippen molar-refractivity contribution in [1.29, 1.82) is 0 Å². The lowest BCUT2D eigenvalue weighted by Crippen LogP contribution is -2.36. The van der Waals surface area contributed by atoms with Crippen LogP contribution in [0.5, 0.6) is 0 Å². The SMILES string of the molecule is CC(OC(=O)c1cc(C(F)(F)F)cc(C(F)(F)F)c1)[C@@H]1CN(C(=O)OC(C)(C)C)CC1c1ccccc1. The average Bonchev–Trinajstić information content (AvgIpc) is 3.23. The molecular weight excluding hydrogens is 504 g/mol. The van der Waals surface area contributed by atoms with E-state index in [0.717, 1.165) is 5.56 Å². The van der Waals surface area contributed by atoms with Crippen molar-refractivity contribution in [3.05, 3.63) is 70.8 Å². The Bertz CT molecular complexity index is 1090. The maximum atomic E-state index is 13.2. The van der Waals surface area contributed by atoms with Gasteiger partial charge in [-0.05, 0) is 51.5 Å². The molecule has 0 aliphatic carbocycles. The van der Waals surface area contributed by atoms with E-state index in [0.29, 0.717) is 12.1 Å². The summed E-state index contributed by atoms with van der Waals surface area (Å²) in [5.74, 6) is -2.14. The van der Waals surface area contributed by atoms with Gasteiger partial charge in [-0.3, -0.25) is 0 Å². The van der Waals surface area contributed by atoms with Crippen molar-refractivity contribution in [2.24, 2.45) is 5.92 Å². The number of hydrogen-bond acceptors (Lipinski definition) is 4. The summed E-state index contributed by atoms with van der Waals surface area (Å²) >= 11 is 0. The number of alkyl halides is 6. The maximum Gasteiger partial charge on any atom is 0.416 e. The summed E-state index contributed by atoms with van der Waals surface area (Å²) < 4.78 is 90.1. The van der Waals surface area contributed by atoms with Gasteiger partial charge < -0.3 is 14.4 Å². The van der Waals surface area contributed by atoms with Gasteiger partial charge in [0.2, 0.25) is 0 Å². The van der Waals surface area contributed by atoms with Gasteiger partial charge in [-0.2, -0.15) is 26.3 Å². The number of nitrogens with zero attached hydrogens (tertiary/aromatic N) is 1. The van der Waals surface area contributed by atoms with E-state index in [9.17, 15) is 35.9 Å². The van der Waals surface area contributed by atoms with Crippen LogP contribution in [0.25, 0.3) is 0 Å². The standard InChI is InChI=1S/C26H27F6NO4/c1-15(36-22(34)17-10-18(25(27,28)29)12-19(11-17)26(30,31)32)20-13-33(23(35)37-24(2,3)4)14-21(20)16-8-6-5-7-9-16/h5-12,15,20-21H,13-14H2,1-4H3/t15?,20-,21?/m0/s1. The summed E-state index contributed by atoms with van der Waals surface area (Å²) in [7, 11) is 0. The van der Waals surface area contributed by atoms with Crippen molar-refractivity contribution in [1.82, 2.24) is 4.90 Å². The molecule has 0 aromatic heterocycles. The first kappa shape index (κ1) is 28.3. The molecule has 2 aromatic rings. The van der Waals surface area contributed by atoms with Crippen LogP contribution in [0.3, 0.4) is 0 Å². The predicted molar refractivity (Wildman–Crippen MR) is 122 cm³/mol. The van der Waals surface area contributed by atoms with E-state index in [1.165, 1.54) is 11.8 Å². The van der Waals surface area contributed by atoms with E-state index in [-0.39, 0.29) is 25.1 Å². The molecule has 1 amide bonds. The molecule has 1 fully saturated rings. The van der Waals surface area contributed by atoms with E-state index in [4.69, 9.17) is 9.47 Å². The topological polar surface area (TPSA) is 55.8 Å². The van der Waals surface area contributed by atoms with Gasteiger partial charge in [0.15, 0.2) is 0 Å². The highest BCUT2D eigenvalue weighted by atomic mass is 19.4. The third-order valence-electron chi connectivity index (χ3n) is 5.96. The van der Waals surface area contributed by atoms with Gasteiger partial charge in [-0.1, -0.05) is 30.3 Å². The normalized spacial score (nSPS) is 19.5. The van der Waals surface area contributed by atoms with E-state index < -0.39 is 58.7 Å². The van der Waals surface area contributed by atoms with Crippen LogP contribution < -0.4 is 0 Å². The first-order valence-electron chi connectivity index (χ1n) is 11.5. The molecule has 1 heterocycles. The zero-order valence-electron chi connectivity index (χ0n) is 20.6. The van der Waals surface area contributed by atoms with Crippen LogP contribution in [0.2, 0.25) is 0 Å². The molecule has 0 radical (unpaired) electrons. The molecule has 5 nitrogen and oxygen atoms in total. The molecule has 3 atom stereocenters. The number of benzene rings is 2. The second-order valence-corrected chi connectivity index (χ2v) is 9.97. The van der Waals surface area contributed by atoms with Crippen molar-refractivity contribution in [2.75, 3.05) is 13.1 Å². The third-order valence-corrected chi connectivity index (χ3v) is 5.96. The number of rotatable bonds is 4. The van der Waals surface area contributed by atoms with Crippen LogP contribution in [0.1, 0.15) is 60.7 Å². The summed E-state index contributed by atoms with van der Waals surface area (Å²) in [6.45, 7) is 6.97. The quantitative estimate of drug-likeness (QED) is 0.318. The van der Waals surface area contributed by atoms with Crippen molar-refractivity contribution < 1.29 is 45.4 Å². The minimum absolute atomic E-state index is 0.0542. The fourth-order valence-electron chi connectivity index (χ4n) is 4.23. The Morgan fingerprint density at radius 1 is 0.892 bits per heavy atom. The van der Waals surface area contributed by atoms with Gasteiger partial charge >= 0.3 is 24.4 Å².